The molecule has 0 aliphatic heterocycles. The zero-order chi connectivity index (χ0) is 20.6. The van der Waals surface area contributed by atoms with Crippen LogP contribution < -0.4 is 5.32 Å². The van der Waals surface area contributed by atoms with Crippen molar-refractivity contribution >= 4 is 11.6 Å². The number of alkyl halides is 3. The van der Waals surface area contributed by atoms with E-state index in [0.29, 0.717) is 12.4 Å². The van der Waals surface area contributed by atoms with Crippen molar-refractivity contribution in [2.24, 2.45) is 7.05 Å². The lowest BCUT2D eigenvalue weighted by atomic mass is 10.0. The van der Waals surface area contributed by atoms with Crippen LogP contribution in [0.15, 0.2) is 36.8 Å². The van der Waals surface area contributed by atoms with Crippen LogP contribution in [0.3, 0.4) is 0 Å². The number of aromatic nitrogens is 3. The molecule has 3 aromatic rings. The molecule has 3 rings (SSSR count). The molecule has 28 heavy (non-hydrogen) atoms. The van der Waals surface area contributed by atoms with Gasteiger partial charge in [-0.05, 0) is 18.2 Å². The molecule has 0 bridgehead atoms. The van der Waals surface area contributed by atoms with Gasteiger partial charge in [0.05, 0.1) is 12.4 Å². The number of aryl methyl sites for hydroxylation is 1. The Morgan fingerprint density at radius 2 is 1.68 bits per heavy atom. The minimum Gasteiger partial charge on any atom is -0.322 e. The Morgan fingerprint density at radius 3 is 2.25 bits per heavy atom. The first-order chi connectivity index (χ1) is 13.1. The average Bonchev–Trinajstić information content (AvgIpc) is 2.96. The number of pyridine rings is 1. The number of benzene rings is 1. The van der Waals surface area contributed by atoms with Crippen LogP contribution in [0.1, 0.15) is 16.1 Å². The van der Waals surface area contributed by atoms with Crippen molar-refractivity contribution in [3.8, 4) is 11.1 Å². The van der Waals surface area contributed by atoms with Crippen LogP contribution in [0.25, 0.3) is 11.1 Å². The van der Waals surface area contributed by atoms with Gasteiger partial charge in [0.25, 0.3) is 5.91 Å². The lowest BCUT2D eigenvalue weighted by Gasteiger charge is -2.10. The van der Waals surface area contributed by atoms with Crippen molar-refractivity contribution in [3.63, 3.8) is 0 Å². The molecule has 1 N–H and O–H groups in total. The van der Waals surface area contributed by atoms with Gasteiger partial charge in [-0.25, -0.2) is 13.2 Å². The highest BCUT2D eigenvalue weighted by atomic mass is 19.4. The molecule has 0 radical (unpaired) electrons. The third-order valence-electron chi connectivity index (χ3n) is 3.69. The number of hydrogen-bond donors (Lipinski definition) is 1. The van der Waals surface area contributed by atoms with E-state index < -0.39 is 51.9 Å². The molecule has 0 unspecified atom stereocenters. The van der Waals surface area contributed by atoms with Gasteiger partial charge in [-0.2, -0.15) is 18.3 Å². The third kappa shape index (κ3) is 3.68. The summed E-state index contributed by atoms with van der Waals surface area (Å²) in [5.74, 6) is -4.74. The zero-order valence-electron chi connectivity index (χ0n) is 14.0. The quantitative estimate of drug-likeness (QED) is 0.672. The van der Waals surface area contributed by atoms with E-state index >= 15 is 0 Å². The van der Waals surface area contributed by atoms with Crippen molar-refractivity contribution in [1.29, 1.82) is 0 Å². The Morgan fingerprint density at radius 1 is 1.04 bits per heavy atom. The van der Waals surface area contributed by atoms with E-state index in [4.69, 9.17) is 0 Å². The summed E-state index contributed by atoms with van der Waals surface area (Å²) >= 11 is 0. The summed E-state index contributed by atoms with van der Waals surface area (Å²) in [6.45, 7) is 0. The second-order valence-corrected chi connectivity index (χ2v) is 5.69. The Kier molecular flexibility index (Phi) is 4.84. The van der Waals surface area contributed by atoms with Crippen LogP contribution in [-0.2, 0) is 13.2 Å². The molecule has 0 spiro atoms. The first-order valence-corrected chi connectivity index (χ1v) is 7.59. The maximum atomic E-state index is 14.4. The molecule has 2 aromatic heterocycles. The van der Waals surface area contributed by atoms with E-state index in [1.54, 1.807) is 0 Å². The summed E-state index contributed by atoms with van der Waals surface area (Å²) < 4.78 is 81.6. The van der Waals surface area contributed by atoms with Gasteiger partial charge < -0.3 is 5.32 Å². The molecule has 1 amide bonds. The second-order valence-electron chi connectivity index (χ2n) is 5.69. The van der Waals surface area contributed by atoms with Crippen LogP contribution >= 0.6 is 0 Å². The van der Waals surface area contributed by atoms with Gasteiger partial charge in [-0.1, -0.05) is 0 Å². The highest BCUT2D eigenvalue weighted by molar-refractivity contribution is 6.04. The number of hydrogen-bond acceptors (Lipinski definition) is 3. The molecule has 5 nitrogen and oxygen atoms in total. The Labute approximate surface area is 153 Å². The summed E-state index contributed by atoms with van der Waals surface area (Å²) in [4.78, 5) is 15.2. The number of carbonyl (C=O) groups excluding carboxylic acids is 1. The van der Waals surface area contributed by atoms with Crippen molar-refractivity contribution in [2.45, 2.75) is 6.18 Å². The number of anilines is 1. The van der Waals surface area contributed by atoms with Crippen molar-refractivity contribution in [1.82, 2.24) is 14.8 Å². The lowest BCUT2D eigenvalue weighted by Crippen LogP contribution is -2.16. The number of halogens is 6. The molecule has 2 heterocycles. The van der Waals surface area contributed by atoms with Gasteiger partial charge in [0.15, 0.2) is 17.3 Å². The largest absolute Gasteiger partial charge is 0.435 e. The van der Waals surface area contributed by atoms with Crippen LogP contribution in [0, 0.1) is 17.5 Å². The Hall–Kier alpha value is -3.37. The molecular weight excluding hydrogens is 390 g/mol. The summed E-state index contributed by atoms with van der Waals surface area (Å²) in [5.41, 5.74) is -3.30. The molecule has 0 saturated heterocycles. The van der Waals surface area contributed by atoms with E-state index in [-0.39, 0.29) is 5.69 Å². The molecule has 146 valence electrons. The third-order valence-corrected chi connectivity index (χ3v) is 3.69. The highest BCUT2D eigenvalue weighted by Crippen LogP contribution is 2.37. The molecule has 0 aliphatic carbocycles. The number of carbonyl (C=O) groups is 1. The molecular formula is C17H10F6N4O. The van der Waals surface area contributed by atoms with Crippen molar-refractivity contribution in [3.05, 3.63) is 65.5 Å². The summed E-state index contributed by atoms with van der Waals surface area (Å²) in [5, 5.41) is 5.37. The minimum atomic E-state index is -4.80. The molecule has 1 aromatic carbocycles. The SMILES string of the molecule is Cn1cc(-c2ccc(NC(=O)c3c(F)cncc3F)cc2F)c(C(F)(F)F)n1. The molecule has 0 aliphatic rings. The summed E-state index contributed by atoms with van der Waals surface area (Å²) in [6, 6.07) is 2.83. The number of nitrogens with zero attached hydrogens (tertiary/aromatic N) is 3. The van der Waals surface area contributed by atoms with Crippen LogP contribution in [0.4, 0.5) is 32.0 Å². The van der Waals surface area contributed by atoms with Gasteiger partial charge in [0.2, 0.25) is 0 Å². The molecule has 0 saturated carbocycles. The van der Waals surface area contributed by atoms with Crippen molar-refractivity contribution in [2.75, 3.05) is 5.32 Å². The monoisotopic (exact) mass is 400 g/mol. The predicted octanol–water partition coefficient (Wildman–Crippen LogP) is 4.17. The van der Waals surface area contributed by atoms with Crippen LogP contribution in [-0.4, -0.2) is 20.7 Å². The number of nitrogens with one attached hydrogen (secondary N) is 1. The van der Waals surface area contributed by atoms with Crippen molar-refractivity contribution < 1.29 is 31.1 Å². The Bertz CT molecular complexity index is 1040. The summed E-state index contributed by atoms with van der Waals surface area (Å²) in [7, 11) is 1.25. The second kappa shape index (κ2) is 6.98. The molecule has 0 fully saturated rings. The topological polar surface area (TPSA) is 59.8 Å². The smallest absolute Gasteiger partial charge is 0.322 e. The Balaban J connectivity index is 1.93. The lowest BCUT2D eigenvalue weighted by molar-refractivity contribution is -0.141. The number of rotatable bonds is 3. The van der Waals surface area contributed by atoms with Crippen LogP contribution in [0.2, 0.25) is 0 Å². The first-order valence-electron chi connectivity index (χ1n) is 7.59. The first kappa shape index (κ1) is 19.4. The maximum absolute atomic E-state index is 14.4. The fourth-order valence-corrected chi connectivity index (χ4v) is 2.53. The number of amides is 1. The maximum Gasteiger partial charge on any atom is 0.435 e. The van der Waals surface area contributed by atoms with Gasteiger partial charge in [-0.15, -0.1) is 0 Å². The standard InChI is InChI=1S/C17H10F6N4O/c1-27-7-10(15(26-27)17(21,22)23)9-3-2-8(4-11(9)18)25-16(28)14-12(19)5-24-6-13(14)20/h2-7H,1H3,(H,25,28). The highest BCUT2D eigenvalue weighted by Gasteiger charge is 2.37. The summed E-state index contributed by atoms with van der Waals surface area (Å²) in [6.07, 6.45) is -2.54. The van der Waals surface area contributed by atoms with Gasteiger partial charge in [0.1, 0.15) is 11.4 Å². The van der Waals surface area contributed by atoms with E-state index in [2.05, 4.69) is 15.4 Å². The van der Waals surface area contributed by atoms with Gasteiger partial charge in [0, 0.05) is 30.1 Å². The molecule has 0 atom stereocenters. The molecule has 11 heteroatoms. The van der Waals surface area contributed by atoms with Crippen LogP contribution in [0.5, 0.6) is 0 Å². The normalized spacial score (nSPS) is 11.5. The fourth-order valence-electron chi connectivity index (χ4n) is 2.53. The fraction of sp³-hybridized carbons (Fsp3) is 0.118. The van der Waals surface area contributed by atoms with E-state index in [9.17, 15) is 31.1 Å². The van der Waals surface area contributed by atoms with E-state index in [0.717, 1.165) is 29.1 Å². The van der Waals surface area contributed by atoms with Gasteiger partial charge >= 0.3 is 6.18 Å². The van der Waals surface area contributed by atoms with Gasteiger partial charge in [-0.3, -0.25) is 14.5 Å². The van der Waals surface area contributed by atoms with E-state index in [1.165, 1.54) is 7.05 Å². The average molecular weight is 400 g/mol. The zero-order valence-corrected chi connectivity index (χ0v) is 14.0. The predicted molar refractivity (Wildman–Crippen MR) is 85.7 cm³/mol. The minimum absolute atomic E-state index is 0.209. The van der Waals surface area contributed by atoms with E-state index in [1.807, 2.05) is 0 Å².